The quantitative estimate of drug-likeness (QED) is 0.662. The highest BCUT2D eigenvalue weighted by molar-refractivity contribution is 6.31. The lowest BCUT2D eigenvalue weighted by Crippen LogP contribution is -2.57. The number of anilines is 1. The van der Waals surface area contributed by atoms with E-state index in [1.54, 1.807) is 6.92 Å². The lowest BCUT2D eigenvalue weighted by atomic mass is 9.84. The topological polar surface area (TPSA) is 61.9 Å². The van der Waals surface area contributed by atoms with Crippen LogP contribution in [0.2, 0.25) is 5.02 Å². The van der Waals surface area contributed by atoms with Crippen molar-refractivity contribution in [2.75, 3.05) is 24.5 Å². The third-order valence-electron chi connectivity index (χ3n) is 7.05. The molecule has 2 atom stereocenters. The Bertz CT molecular complexity index is 1160. The maximum absolute atomic E-state index is 13.3. The molecule has 2 aromatic rings. The van der Waals surface area contributed by atoms with Crippen LogP contribution in [-0.2, 0) is 17.5 Å². The second-order valence-corrected chi connectivity index (χ2v) is 9.84. The van der Waals surface area contributed by atoms with Crippen molar-refractivity contribution in [3.05, 3.63) is 58.1 Å². The summed E-state index contributed by atoms with van der Waals surface area (Å²) in [5.41, 5.74) is -0.0337. The van der Waals surface area contributed by atoms with Gasteiger partial charge in [-0.25, -0.2) is 0 Å². The lowest BCUT2D eigenvalue weighted by molar-refractivity contribution is -0.137. The fourth-order valence-corrected chi connectivity index (χ4v) is 5.42. The number of ether oxygens (including phenoxy) is 1. The maximum Gasteiger partial charge on any atom is 0.416 e. The van der Waals surface area contributed by atoms with E-state index >= 15 is 0 Å². The molecule has 2 amide bonds. The van der Waals surface area contributed by atoms with E-state index in [9.17, 15) is 22.8 Å². The smallest absolute Gasteiger partial charge is 0.416 e. The predicted molar refractivity (Wildman–Crippen MR) is 125 cm³/mol. The number of carbonyl (C=O) groups excluding carboxylic acids is 2. The molecule has 0 radical (unpaired) electrons. The Hall–Kier alpha value is -2.78. The monoisotopic (exact) mass is 507 g/mol. The van der Waals surface area contributed by atoms with E-state index in [1.807, 2.05) is 0 Å². The Morgan fingerprint density at radius 2 is 1.94 bits per heavy atom. The number of hydrogen-bond donors (Lipinski definition) is 1. The molecule has 0 saturated carbocycles. The van der Waals surface area contributed by atoms with Crippen LogP contribution in [0, 0.1) is 5.92 Å². The molecule has 0 aliphatic carbocycles. The molecule has 3 saturated heterocycles. The van der Waals surface area contributed by atoms with Gasteiger partial charge >= 0.3 is 6.18 Å². The zero-order chi connectivity index (χ0) is 24.9. The number of alkyl halides is 3. The molecule has 6 nitrogen and oxygen atoms in total. The summed E-state index contributed by atoms with van der Waals surface area (Å²) >= 11 is 6.34. The highest BCUT2D eigenvalue weighted by atomic mass is 35.5. The van der Waals surface area contributed by atoms with Crippen LogP contribution in [0.1, 0.15) is 41.3 Å². The normalized spacial score (nSPS) is 25.7. The number of benzene rings is 2. The molecule has 2 bridgehead atoms. The molecule has 186 valence electrons. The summed E-state index contributed by atoms with van der Waals surface area (Å²) in [6.07, 6.45) is -3.35. The first-order chi connectivity index (χ1) is 16.6. The largest absolute Gasteiger partial charge is 0.478 e. The van der Waals surface area contributed by atoms with Gasteiger partial charge in [0.1, 0.15) is 0 Å². The summed E-state index contributed by atoms with van der Waals surface area (Å²) in [7, 11) is 0. The van der Waals surface area contributed by atoms with Crippen LogP contribution in [0.4, 0.5) is 18.9 Å². The molecule has 4 heterocycles. The molecule has 0 aromatic heterocycles. The summed E-state index contributed by atoms with van der Waals surface area (Å²) in [6.45, 7) is 4.29. The number of fused-ring (bicyclic) bond motifs is 4. The van der Waals surface area contributed by atoms with E-state index in [0.29, 0.717) is 11.5 Å². The van der Waals surface area contributed by atoms with Crippen molar-refractivity contribution in [1.82, 2.24) is 10.2 Å². The van der Waals surface area contributed by atoms with Crippen molar-refractivity contribution >= 4 is 29.1 Å². The molecule has 1 N–H and O–H groups in total. The molecule has 2 aromatic carbocycles. The van der Waals surface area contributed by atoms with Crippen molar-refractivity contribution in [1.29, 1.82) is 0 Å². The number of carbonyl (C=O) groups is 2. The van der Waals surface area contributed by atoms with E-state index in [1.165, 1.54) is 29.2 Å². The van der Waals surface area contributed by atoms with E-state index in [4.69, 9.17) is 16.3 Å². The summed E-state index contributed by atoms with van der Waals surface area (Å²) < 4.78 is 45.5. The minimum Gasteiger partial charge on any atom is -0.478 e. The van der Waals surface area contributed by atoms with E-state index in [-0.39, 0.29) is 40.5 Å². The average molecular weight is 508 g/mol. The van der Waals surface area contributed by atoms with Gasteiger partial charge in [0.15, 0.2) is 11.9 Å². The number of rotatable bonds is 4. The van der Waals surface area contributed by atoms with Gasteiger partial charge in [0, 0.05) is 17.6 Å². The van der Waals surface area contributed by atoms with Crippen LogP contribution >= 0.6 is 11.6 Å². The molecule has 10 heteroatoms. The van der Waals surface area contributed by atoms with Crippen LogP contribution in [0.3, 0.4) is 0 Å². The van der Waals surface area contributed by atoms with Crippen molar-refractivity contribution in [3.8, 4) is 5.75 Å². The third-order valence-corrected chi connectivity index (χ3v) is 7.26. The number of halogens is 4. The van der Waals surface area contributed by atoms with Gasteiger partial charge in [0.2, 0.25) is 0 Å². The van der Waals surface area contributed by atoms with Crippen LogP contribution in [0.5, 0.6) is 5.75 Å². The van der Waals surface area contributed by atoms with E-state index < -0.39 is 23.8 Å². The Morgan fingerprint density at radius 1 is 1.20 bits per heavy atom. The fourth-order valence-electron chi connectivity index (χ4n) is 5.20. The van der Waals surface area contributed by atoms with Gasteiger partial charge < -0.3 is 19.9 Å². The van der Waals surface area contributed by atoms with Gasteiger partial charge in [-0.2, -0.15) is 13.2 Å². The number of amides is 2. The Labute approximate surface area is 206 Å². The molecule has 35 heavy (non-hydrogen) atoms. The second-order valence-electron chi connectivity index (χ2n) is 9.40. The SMILES string of the molecule is CC1Oc2c(C(=O)NC3CN4CCC3CC4)cc(Cl)cc2N(Cc2cccc(C(F)(F)F)c2)C1=O. The van der Waals surface area contributed by atoms with Crippen molar-refractivity contribution in [3.63, 3.8) is 0 Å². The summed E-state index contributed by atoms with van der Waals surface area (Å²) in [5, 5.41) is 3.34. The van der Waals surface area contributed by atoms with Gasteiger partial charge in [-0.05, 0) is 68.6 Å². The number of piperidine rings is 3. The van der Waals surface area contributed by atoms with Gasteiger partial charge in [-0.15, -0.1) is 0 Å². The molecule has 2 unspecified atom stereocenters. The van der Waals surface area contributed by atoms with Crippen LogP contribution in [-0.4, -0.2) is 48.5 Å². The first kappa shape index (κ1) is 23.9. The maximum atomic E-state index is 13.3. The molecular weight excluding hydrogens is 483 g/mol. The van der Waals surface area contributed by atoms with E-state index in [0.717, 1.165) is 44.6 Å². The first-order valence-electron chi connectivity index (χ1n) is 11.6. The minimum atomic E-state index is -4.50. The molecule has 0 spiro atoms. The first-order valence-corrected chi connectivity index (χ1v) is 12.0. The zero-order valence-electron chi connectivity index (χ0n) is 19.1. The molecule has 4 aliphatic rings. The van der Waals surface area contributed by atoms with Gasteiger partial charge in [0.05, 0.1) is 23.4 Å². The van der Waals surface area contributed by atoms with Gasteiger partial charge in [-0.3, -0.25) is 9.59 Å². The number of nitrogens with zero attached hydrogens (tertiary/aromatic N) is 2. The number of nitrogens with one attached hydrogen (secondary N) is 1. The highest BCUT2D eigenvalue weighted by Gasteiger charge is 2.38. The molecular formula is C25H25ClF3N3O3. The second kappa shape index (κ2) is 9.02. The third kappa shape index (κ3) is 4.71. The van der Waals surface area contributed by atoms with Crippen LogP contribution < -0.4 is 15.0 Å². The summed E-state index contributed by atoms with van der Waals surface area (Å²) in [5.74, 6) is -0.158. The van der Waals surface area contributed by atoms with Crippen LogP contribution in [0.15, 0.2) is 36.4 Å². The summed E-state index contributed by atoms with van der Waals surface area (Å²) in [6, 6.07) is 7.84. The lowest BCUT2D eigenvalue weighted by Gasteiger charge is -2.45. The predicted octanol–water partition coefficient (Wildman–Crippen LogP) is 4.50. The Morgan fingerprint density at radius 3 is 2.60 bits per heavy atom. The fraction of sp³-hybridized carbons (Fsp3) is 0.440. The van der Waals surface area contributed by atoms with Gasteiger partial charge in [-0.1, -0.05) is 23.7 Å². The minimum absolute atomic E-state index is 0.0171. The summed E-state index contributed by atoms with van der Waals surface area (Å²) in [4.78, 5) is 30.0. The van der Waals surface area contributed by atoms with Gasteiger partial charge in [0.25, 0.3) is 11.8 Å². The van der Waals surface area contributed by atoms with Crippen molar-refractivity contribution in [2.24, 2.45) is 5.92 Å². The average Bonchev–Trinajstić information content (AvgIpc) is 2.82. The Balaban J connectivity index is 1.46. The zero-order valence-corrected chi connectivity index (χ0v) is 19.8. The number of hydrogen-bond acceptors (Lipinski definition) is 4. The van der Waals surface area contributed by atoms with Crippen molar-refractivity contribution in [2.45, 2.75) is 44.6 Å². The molecule has 4 aliphatic heterocycles. The molecule has 3 fully saturated rings. The highest BCUT2D eigenvalue weighted by Crippen LogP contribution is 2.41. The van der Waals surface area contributed by atoms with Crippen LogP contribution in [0.25, 0.3) is 0 Å². The van der Waals surface area contributed by atoms with Crippen molar-refractivity contribution < 1.29 is 27.5 Å². The Kier molecular flexibility index (Phi) is 6.17. The van der Waals surface area contributed by atoms with E-state index in [2.05, 4.69) is 10.2 Å². The standard InChI is InChI=1S/C25H25ClF3N3O3/c1-14-24(34)32(12-15-3-2-4-17(9-15)25(27,28)29)21-11-18(26)10-19(22(21)35-14)23(33)30-20-13-31-7-5-16(20)6-8-31/h2-4,9-11,14,16,20H,5-8,12-13H2,1H3,(H,30,33). The molecule has 6 rings (SSSR count).